The highest BCUT2D eigenvalue weighted by Gasteiger charge is 2.40. The van der Waals surface area contributed by atoms with Crippen LogP contribution in [0.2, 0.25) is 0 Å². The molecule has 4 heterocycles. The van der Waals surface area contributed by atoms with E-state index in [1.807, 2.05) is 19.3 Å². The van der Waals surface area contributed by atoms with Crippen molar-refractivity contribution in [1.29, 1.82) is 0 Å². The molecule has 0 spiro atoms. The van der Waals surface area contributed by atoms with Crippen molar-refractivity contribution in [2.75, 3.05) is 31.1 Å². The minimum atomic E-state index is 0.440. The summed E-state index contributed by atoms with van der Waals surface area (Å²) in [4.78, 5) is 22.7. The van der Waals surface area contributed by atoms with Gasteiger partial charge in [0.15, 0.2) is 0 Å². The summed E-state index contributed by atoms with van der Waals surface area (Å²) in [6, 6.07) is 2.16. The molecule has 0 N–H and O–H groups in total. The topological polar surface area (TPSA) is 58.0 Å². The number of rotatable bonds is 4. The number of fused-ring (bicyclic) bond motifs is 1. The maximum Gasteiger partial charge on any atom is 0.132 e. The summed E-state index contributed by atoms with van der Waals surface area (Å²) in [6.07, 6.45) is 5.41. The molecule has 0 saturated carbocycles. The predicted octanol–water partition coefficient (Wildman–Crippen LogP) is 2.27. The number of anilines is 1. The van der Waals surface area contributed by atoms with Gasteiger partial charge in [-0.25, -0.2) is 9.97 Å². The lowest BCUT2D eigenvalue weighted by atomic mass is 10.0. The van der Waals surface area contributed by atoms with E-state index in [1.54, 1.807) is 6.33 Å². The summed E-state index contributed by atoms with van der Waals surface area (Å²) >= 11 is 0. The van der Waals surface area contributed by atoms with Crippen LogP contribution in [-0.4, -0.2) is 51.0 Å². The fraction of sp³-hybridized carbons (Fsp3) is 0.579. The first-order chi connectivity index (χ1) is 12.1. The first kappa shape index (κ1) is 16.4. The molecule has 0 radical (unpaired) electrons. The fourth-order valence-electron chi connectivity index (χ4n) is 4.08. The molecule has 2 aliphatic rings. The zero-order chi connectivity index (χ0) is 17.4. The maximum atomic E-state index is 4.59. The molecule has 2 aliphatic heterocycles. The lowest BCUT2D eigenvalue weighted by molar-refractivity contribution is 0.304. The summed E-state index contributed by atoms with van der Waals surface area (Å²) in [7, 11) is 0. The van der Waals surface area contributed by atoms with Crippen molar-refractivity contribution in [1.82, 2.24) is 24.8 Å². The smallest absolute Gasteiger partial charge is 0.132 e. The molecule has 0 bridgehead atoms. The summed E-state index contributed by atoms with van der Waals surface area (Å²) < 4.78 is 0. The number of aromatic nitrogens is 4. The van der Waals surface area contributed by atoms with Crippen LogP contribution in [0.1, 0.15) is 36.8 Å². The Morgan fingerprint density at radius 3 is 2.52 bits per heavy atom. The molecule has 6 nitrogen and oxygen atoms in total. The Kier molecular flexibility index (Phi) is 4.37. The van der Waals surface area contributed by atoms with E-state index in [9.17, 15) is 0 Å². The summed E-state index contributed by atoms with van der Waals surface area (Å²) in [6.45, 7) is 11.7. The van der Waals surface area contributed by atoms with Crippen molar-refractivity contribution in [2.24, 2.45) is 11.8 Å². The van der Waals surface area contributed by atoms with E-state index in [2.05, 4.69) is 49.6 Å². The molecule has 2 atom stereocenters. The van der Waals surface area contributed by atoms with Crippen LogP contribution in [0.3, 0.4) is 0 Å². The number of aryl methyl sites for hydroxylation is 1. The molecule has 132 valence electrons. The molecule has 25 heavy (non-hydrogen) atoms. The van der Waals surface area contributed by atoms with Crippen LogP contribution in [0.15, 0.2) is 24.8 Å². The van der Waals surface area contributed by atoms with Crippen molar-refractivity contribution in [3.05, 3.63) is 41.9 Å². The Labute approximate surface area is 149 Å². The van der Waals surface area contributed by atoms with Gasteiger partial charge in [0.25, 0.3) is 0 Å². The van der Waals surface area contributed by atoms with Crippen LogP contribution >= 0.6 is 0 Å². The quantitative estimate of drug-likeness (QED) is 0.852. The third kappa shape index (κ3) is 3.49. The van der Waals surface area contributed by atoms with Crippen molar-refractivity contribution < 1.29 is 0 Å². The average molecular weight is 338 g/mol. The average Bonchev–Trinajstić information content (AvgIpc) is 3.13. The van der Waals surface area contributed by atoms with Crippen molar-refractivity contribution >= 4 is 5.82 Å². The maximum absolute atomic E-state index is 4.59. The summed E-state index contributed by atoms with van der Waals surface area (Å²) in [5.74, 6) is 2.96. The van der Waals surface area contributed by atoms with Gasteiger partial charge in [-0.15, -0.1) is 0 Å². The Bertz CT molecular complexity index is 732. The van der Waals surface area contributed by atoms with Crippen molar-refractivity contribution in [3.8, 4) is 0 Å². The number of hydrogen-bond donors (Lipinski definition) is 0. The van der Waals surface area contributed by atoms with Gasteiger partial charge in [-0.05, 0) is 24.7 Å². The lowest BCUT2D eigenvalue weighted by Crippen LogP contribution is -2.29. The summed E-state index contributed by atoms with van der Waals surface area (Å²) in [5, 5.41) is 0. The monoisotopic (exact) mass is 338 g/mol. The highest BCUT2D eigenvalue weighted by molar-refractivity contribution is 5.41. The fourth-order valence-corrected chi connectivity index (χ4v) is 4.08. The minimum absolute atomic E-state index is 0.440. The first-order valence-corrected chi connectivity index (χ1v) is 9.15. The van der Waals surface area contributed by atoms with E-state index in [0.29, 0.717) is 5.92 Å². The van der Waals surface area contributed by atoms with Crippen LogP contribution in [0.25, 0.3) is 0 Å². The number of likely N-dealkylation sites (tertiary alicyclic amines) is 1. The Morgan fingerprint density at radius 1 is 1.08 bits per heavy atom. The van der Waals surface area contributed by atoms with E-state index in [4.69, 9.17) is 0 Å². The largest absolute Gasteiger partial charge is 0.356 e. The van der Waals surface area contributed by atoms with Gasteiger partial charge in [0.05, 0.1) is 11.4 Å². The highest BCUT2D eigenvalue weighted by atomic mass is 15.3. The normalized spacial score (nSPS) is 23.4. The van der Waals surface area contributed by atoms with Gasteiger partial charge < -0.3 is 4.90 Å². The Morgan fingerprint density at radius 2 is 1.84 bits per heavy atom. The van der Waals surface area contributed by atoms with Gasteiger partial charge >= 0.3 is 0 Å². The third-order valence-corrected chi connectivity index (χ3v) is 5.34. The molecule has 6 heteroatoms. The van der Waals surface area contributed by atoms with Gasteiger partial charge in [0, 0.05) is 56.9 Å². The zero-order valence-electron chi connectivity index (χ0n) is 15.3. The number of nitrogens with zero attached hydrogens (tertiary/aromatic N) is 6. The second-order valence-corrected chi connectivity index (χ2v) is 7.73. The lowest BCUT2D eigenvalue weighted by Gasteiger charge is -2.22. The van der Waals surface area contributed by atoms with Crippen molar-refractivity contribution in [2.45, 2.75) is 33.2 Å². The van der Waals surface area contributed by atoms with Gasteiger partial charge in [-0.2, -0.15) is 0 Å². The van der Waals surface area contributed by atoms with Gasteiger partial charge in [-0.3, -0.25) is 14.9 Å². The molecule has 0 amide bonds. The van der Waals surface area contributed by atoms with E-state index in [0.717, 1.165) is 67.5 Å². The second-order valence-electron chi connectivity index (χ2n) is 7.73. The van der Waals surface area contributed by atoms with Crippen LogP contribution < -0.4 is 4.90 Å². The van der Waals surface area contributed by atoms with Gasteiger partial charge in [-0.1, -0.05) is 13.8 Å². The van der Waals surface area contributed by atoms with Crippen LogP contribution in [0.4, 0.5) is 5.82 Å². The molecule has 2 fully saturated rings. The van der Waals surface area contributed by atoms with Crippen LogP contribution in [-0.2, 0) is 6.54 Å². The van der Waals surface area contributed by atoms with E-state index < -0.39 is 0 Å². The first-order valence-electron chi connectivity index (χ1n) is 9.15. The van der Waals surface area contributed by atoms with E-state index in [1.165, 1.54) is 0 Å². The standard InChI is InChI=1S/C19H26N6/c1-13(2)18-4-19(22-12-21-18)25-9-15-7-24(8-16(15)10-25)11-17-6-20-5-14(3)23-17/h4-6,12-13,15-16H,7-11H2,1-3H3. The molecule has 0 aromatic carbocycles. The highest BCUT2D eigenvalue weighted by Crippen LogP contribution is 2.34. The van der Waals surface area contributed by atoms with Crippen LogP contribution in [0.5, 0.6) is 0 Å². The third-order valence-electron chi connectivity index (χ3n) is 5.34. The molecular formula is C19H26N6. The Balaban J connectivity index is 1.38. The number of hydrogen-bond acceptors (Lipinski definition) is 6. The van der Waals surface area contributed by atoms with Gasteiger partial charge in [0.2, 0.25) is 0 Å². The molecule has 0 aliphatic carbocycles. The molecule has 4 rings (SSSR count). The molecule has 2 unspecified atom stereocenters. The van der Waals surface area contributed by atoms with Gasteiger partial charge in [0.1, 0.15) is 12.1 Å². The minimum Gasteiger partial charge on any atom is -0.356 e. The second kappa shape index (κ2) is 6.67. The molecule has 2 aromatic heterocycles. The predicted molar refractivity (Wildman–Crippen MR) is 97.4 cm³/mol. The molecule has 2 saturated heterocycles. The summed E-state index contributed by atoms with van der Waals surface area (Å²) in [5.41, 5.74) is 3.20. The van der Waals surface area contributed by atoms with Crippen LogP contribution in [0, 0.1) is 18.8 Å². The molecule has 2 aromatic rings. The van der Waals surface area contributed by atoms with Crippen molar-refractivity contribution in [3.63, 3.8) is 0 Å². The Hall–Kier alpha value is -2.08. The molecular weight excluding hydrogens is 312 g/mol. The SMILES string of the molecule is Cc1cncc(CN2CC3CN(c4cc(C(C)C)ncn4)CC3C2)n1. The van der Waals surface area contributed by atoms with E-state index >= 15 is 0 Å². The van der Waals surface area contributed by atoms with E-state index in [-0.39, 0.29) is 0 Å². The zero-order valence-corrected chi connectivity index (χ0v) is 15.3.